The Morgan fingerprint density at radius 1 is 1.39 bits per heavy atom. The zero-order valence-electron chi connectivity index (χ0n) is 10.7. The van der Waals surface area contributed by atoms with E-state index in [0.29, 0.717) is 11.7 Å². The molecular formula is C14H19N3O. The second-order valence-electron chi connectivity index (χ2n) is 5.40. The first-order valence-corrected chi connectivity index (χ1v) is 6.76. The molecule has 0 aromatic carbocycles. The van der Waals surface area contributed by atoms with Gasteiger partial charge in [-0.25, -0.2) is 4.98 Å². The van der Waals surface area contributed by atoms with E-state index in [1.807, 2.05) is 18.3 Å². The highest BCUT2D eigenvalue weighted by Crippen LogP contribution is 2.38. The summed E-state index contributed by atoms with van der Waals surface area (Å²) in [6, 6.07) is 3.95. The summed E-state index contributed by atoms with van der Waals surface area (Å²) in [7, 11) is 0. The number of carbonyl (C=O) groups excluding carboxylic acids is 1. The highest BCUT2D eigenvalue weighted by Gasteiger charge is 2.39. The Labute approximate surface area is 107 Å². The van der Waals surface area contributed by atoms with Gasteiger partial charge in [0.1, 0.15) is 5.82 Å². The van der Waals surface area contributed by atoms with E-state index in [0.717, 1.165) is 25.2 Å². The molecule has 18 heavy (non-hydrogen) atoms. The van der Waals surface area contributed by atoms with Gasteiger partial charge < -0.3 is 10.2 Å². The number of pyridine rings is 1. The molecule has 2 aliphatic rings. The Hall–Kier alpha value is -1.58. The molecule has 1 N–H and O–H groups in total. The fraction of sp³-hybridized carbons (Fsp3) is 0.571. The largest absolute Gasteiger partial charge is 0.370 e. The van der Waals surface area contributed by atoms with E-state index in [4.69, 9.17) is 0 Å². The van der Waals surface area contributed by atoms with Crippen molar-refractivity contribution in [3.8, 4) is 0 Å². The summed E-state index contributed by atoms with van der Waals surface area (Å²) in [6.07, 6.45) is 5.39. The molecule has 0 spiro atoms. The summed E-state index contributed by atoms with van der Waals surface area (Å²) < 4.78 is 0. The second kappa shape index (κ2) is 4.59. The number of nitrogens with one attached hydrogen (secondary N) is 1. The van der Waals surface area contributed by atoms with Crippen LogP contribution in [0, 0.1) is 11.8 Å². The van der Waals surface area contributed by atoms with Crippen LogP contribution >= 0.6 is 0 Å². The zero-order chi connectivity index (χ0) is 12.5. The normalized spacial score (nSPS) is 26.2. The molecule has 0 bridgehead atoms. The van der Waals surface area contributed by atoms with E-state index in [-0.39, 0.29) is 11.8 Å². The van der Waals surface area contributed by atoms with Gasteiger partial charge in [0.25, 0.3) is 0 Å². The maximum absolute atomic E-state index is 11.8. The SMILES string of the molecule is C[C@H]1C[C@H]1C(=O)Nc1ccc(N2CCCC2)cn1. The molecule has 1 aliphatic heterocycles. The van der Waals surface area contributed by atoms with Crippen molar-refractivity contribution in [2.24, 2.45) is 11.8 Å². The first kappa shape index (κ1) is 11.5. The van der Waals surface area contributed by atoms with Gasteiger partial charge in [0.15, 0.2) is 0 Å². The number of aromatic nitrogens is 1. The lowest BCUT2D eigenvalue weighted by Crippen LogP contribution is -2.18. The maximum Gasteiger partial charge on any atom is 0.228 e. The summed E-state index contributed by atoms with van der Waals surface area (Å²) in [5.74, 6) is 1.52. The van der Waals surface area contributed by atoms with Crippen LogP contribution in [0.2, 0.25) is 0 Å². The van der Waals surface area contributed by atoms with Crippen molar-refractivity contribution in [2.75, 3.05) is 23.3 Å². The molecule has 2 atom stereocenters. The topological polar surface area (TPSA) is 45.2 Å². The fourth-order valence-electron chi connectivity index (χ4n) is 2.53. The van der Waals surface area contributed by atoms with E-state index >= 15 is 0 Å². The molecule has 4 nitrogen and oxygen atoms in total. The Morgan fingerprint density at radius 3 is 2.67 bits per heavy atom. The van der Waals surface area contributed by atoms with Crippen LogP contribution in [0.4, 0.5) is 11.5 Å². The maximum atomic E-state index is 11.8. The summed E-state index contributed by atoms with van der Waals surface area (Å²) in [5, 5.41) is 2.88. The first-order valence-electron chi connectivity index (χ1n) is 6.76. The third kappa shape index (κ3) is 2.33. The smallest absolute Gasteiger partial charge is 0.228 e. The number of hydrogen-bond donors (Lipinski definition) is 1. The molecule has 1 aliphatic carbocycles. The van der Waals surface area contributed by atoms with Gasteiger partial charge in [-0.15, -0.1) is 0 Å². The Morgan fingerprint density at radius 2 is 2.11 bits per heavy atom. The van der Waals surface area contributed by atoms with Crippen LogP contribution in [0.3, 0.4) is 0 Å². The summed E-state index contributed by atoms with van der Waals surface area (Å²) in [4.78, 5) is 18.4. The van der Waals surface area contributed by atoms with Crippen molar-refractivity contribution in [1.29, 1.82) is 0 Å². The van der Waals surface area contributed by atoms with Crippen molar-refractivity contribution in [3.05, 3.63) is 18.3 Å². The van der Waals surface area contributed by atoms with Gasteiger partial charge in [-0.3, -0.25) is 4.79 Å². The number of carbonyl (C=O) groups is 1. The van der Waals surface area contributed by atoms with Crippen LogP contribution < -0.4 is 10.2 Å². The predicted octanol–water partition coefficient (Wildman–Crippen LogP) is 2.28. The molecule has 3 rings (SSSR count). The van der Waals surface area contributed by atoms with Gasteiger partial charge in [-0.05, 0) is 37.3 Å². The standard InChI is InChI=1S/C14H19N3O/c1-10-8-12(10)14(18)16-13-5-4-11(9-15-13)17-6-2-3-7-17/h4-5,9-10,12H,2-3,6-8H2,1H3,(H,15,16,18)/t10-,12+/m0/s1. The Kier molecular flexibility index (Phi) is 2.94. The number of rotatable bonds is 3. The molecule has 0 radical (unpaired) electrons. The van der Waals surface area contributed by atoms with E-state index in [9.17, 15) is 4.79 Å². The Balaban J connectivity index is 1.62. The van der Waals surface area contributed by atoms with Gasteiger partial charge in [0.2, 0.25) is 5.91 Å². The van der Waals surface area contributed by atoms with Gasteiger partial charge in [-0.2, -0.15) is 0 Å². The molecule has 4 heteroatoms. The average Bonchev–Trinajstić information content (AvgIpc) is 2.91. The molecule has 1 aromatic heterocycles. The van der Waals surface area contributed by atoms with Crippen LogP contribution in [-0.4, -0.2) is 24.0 Å². The van der Waals surface area contributed by atoms with Crippen LogP contribution in [0.25, 0.3) is 0 Å². The molecule has 1 amide bonds. The van der Waals surface area contributed by atoms with Crippen molar-refractivity contribution in [3.63, 3.8) is 0 Å². The predicted molar refractivity (Wildman–Crippen MR) is 71.6 cm³/mol. The number of nitrogens with zero attached hydrogens (tertiary/aromatic N) is 2. The number of amides is 1. The van der Waals surface area contributed by atoms with Crippen LogP contribution in [0.1, 0.15) is 26.2 Å². The van der Waals surface area contributed by atoms with Crippen molar-refractivity contribution >= 4 is 17.4 Å². The minimum absolute atomic E-state index is 0.115. The number of anilines is 2. The van der Waals surface area contributed by atoms with Gasteiger partial charge in [0, 0.05) is 19.0 Å². The minimum Gasteiger partial charge on any atom is -0.370 e. The molecule has 2 heterocycles. The first-order chi connectivity index (χ1) is 8.74. The lowest BCUT2D eigenvalue weighted by atomic mass is 10.3. The minimum atomic E-state index is 0.115. The van der Waals surface area contributed by atoms with Crippen molar-refractivity contribution < 1.29 is 4.79 Å². The molecule has 96 valence electrons. The van der Waals surface area contributed by atoms with E-state index in [1.54, 1.807) is 0 Å². The lowest BCUT2D eigenvalue weighted by molar-refractivity contribution is -0.117. The van der Waals surface area contributed by atoms with E-state index in [2.05, 4.69) is 22.1 Å². The molecule has 0 unspecified atom stereocenters. The zero-order valence-corrected chi connectivity index (χ0v) is 10.7. The summed E-state index contributed by atoms with van der Waals surface area (Å²) in [6.45, 7) is 4.34. The van der Waals surface area contributed by atoms with Gasteiger partial charge in [-0.1, -0.05) is 6.92 Å². The van der Waals surface area contributed by atoms with E-state index < -0.39 is 0 Å². The van der Waals surface area contributed by atoms with Gasteiger partial charge >= 0.3 is 0 Å². The second-order valence-corrected chi connectivity index (χ2v) is 5.40. The molecular weight excluding hydrogens is 226 g/mol. The van der Waals surface area contributed by atoms with Crippen LogP contribution in [0.15, 0.2) is 18.3 Å². The monoisotopic (exact) mass is 245 g/mol. The van der Waals surface area contributed by atoms with Crippen LogP contribution in [-0.2, 0) is 4.79 Å². The number of hydrogen-bond acceptors (Lipinski definition) is 3. The third-order valence-corrected chi connectivity index (χ3v) is 3.92. The highest BCUT2D eigenvalue weighted by atomic mass is 16.2. The average molecular weight is 245 g/mol. The van der Waals surface area contributed by atoms with Crippen LogP contribution in [0.5, 0.6) is 0 Å². The molecule has 1 aromatic rings. The Bertz CT molecular complexity index is 437. The summed E-state index contributed by atoms with van der Waals surface area (Å²) >= 11 is 0. The fourth-order valence-corrected chi connectivity index (χ4v) is 2.53. The summed E-state index contributed by atoms with van der Waals surface area (Å²) in [5.41, 5.74) is 1.16. The van der Waals surface area contributed by atoms with E-state index in [1.165, 1.54) is 12.8 Å². The molecule has 2 fully saturated rings. The third-order valence-electron chi connectivity index (χ3n) is 3.92. The van der Waals surface area contributed by atoms with Crippen molar-refractivity contribution in [2.45, 2.75) is 26.2 Å². The van der Waals surface area contributed by atoms with Gasteiger partial charge in [0.05, 0.1) is 11.9 Å². The molecule has 1 saturated carbocycles. The lowest BCUT2D eigenvalue weighted by Gasteiger charge is -2.17. The van der Waals surface area contributed by atoms with Crippen molar-refractivity contribution in [1.82, 2.24) is 4.98 Å². The highest BCUT2D eigenvalue weighted by molar-refractivity contribution is 5.93. The quantitative estimate of drug-likeness (QED) is 0.888. The molecule has 1 saturated heterocycles.